The summed E-state index contributed by atoms with van der Waals surface area (Å²) in [6.45, 7) is 3.64. The third kappa shape index (κ3) is 3.46. The van der Waals surface area contributed by atoms with Crippen molar-refractivity contribution in [2.45, 2.75) is 32.4 Å². The summed E-state index contributed by atoms with van der Waals surface area (Å²) in [5.41, 5.74) is 0.0134. The van der Waals surface area contributed by atoms with Crippen molar-refractivity contribution in [3.8, 4) is 0 Å². The summed E-state index contributed by atoms with van der Waals surface area (Å²) in [7, 11) is 0. The minimum absolute atomic E-state index is 0.0134. The molecule has 19 heavy (non-hydrogen) atoms. The second kappa shape index (κ2) is 5.73. The molecule has 0 saturated heterocycles. The van der Waals surface area contributed by atoms with Gasteiger partial charge in [-0.3, -0.25) is 0 Å². The van der Waals surface area contributed by atoms with Gasteiger partial charge in [0.25, 0.3) is 0 Å². The van der Waals surface area contributed by atoms with Gasteiger partial charge in [-0.2, -0.15) is 0 Å². The molecule has 104 valence electrons. The zero-order valence-electron chi connectivity index (χ0n) is 10.9. The van der Waals surface area contributed by atoms with Gasteiger partial charge in [-0.1, -0.05) is 0 Å². The lowest BCUT2D eigenvalue weighted by Crippen LogP contribution is -2.42. The summed E-state index contributed by atoms with van der Waals surface area (Å²) in [5.74, 6) is -1.05. The second-order valence-electron chi connectivity index (χ2n) is 4.55. The van der Waals surface area contributed by atoms with E-state index < -0.39 is 5.97 Å². The van der Waals surface area contributed by atoms with Crippen LogP contribution in [0.4, 0.5) is 4.79 Å². The molecule has 2 rings (SSSR count). The Hall–Kier alpha value is -2.05. The van der Waals surface area contributed by atoms with Gasteiger partial charge in [0, 0.05) is 31.9 Å². The number of carboxylic acids is 1. The van der Waals surface area contributed by atoms with E-state index in [1.54, 1.807) is 4.57 Å². The Balaban J connectivity index is 1.76. The normalized spacial score (nSPS) is 14.2. The van der Waals surface area contributed by atoms with Crippen LogP contribution in [0.2, 0.25) is 0 Å². The molecule has 0 aliphatic heterocycles. The fourth-order valence-electron chi connectivity index (χ4n) is 1.94. The lowest BCUT2D eigenvalue weighted by Gasteiger charge is -2.20. The van der Waals surface area contributed by atoms with E-state index in [2.05, 4.69) is 10.3 Å². The highest BCUT2D eigenvalue weighted by Crippen LogP contribution is 2.26. The highest BCUT2D eigenvalue weighted by Gasteiger charge is 2.31. The van der Waals surface area contributed by atoms with Gasteiger partial charge < -0.3 is 19.9 Å². The topological polar surface area (TPSA) is 87.5 Å². The predicted octanol–water partition coefficient (Wildman–Crippen LogP) is 0.775. The van der Waals surface area contributed by atoms with Crippen molar-refractivity contribution < 1.29 is 14.7 Å². The highest BCUT2D eigenvalue weighted by atomic mass is 16.4. The minimum atomic E-state index is -1.05. The number of rotatable bonds is 6. The van der Waals surface area contributed by atoms with Crippen molar-refractivity contribution in [3.05, 3.63) is 18.2 Å². The molecule has 1 aromatic rings. The average Bonchev–Trinajstić information content (AvgIpc) is 3.07. The van der Waals surface area contributed by atoms with Crippen molar-refractivity contribution in [1.82, 2.24) is 19.8 Å². The molecule has 0 unspecified atom stereocenters. The molecule has 0 bridgehead atoms. The van der Waals surface area contributed by atoms with Gasteiger partial charge in [0.1, 0.15) is 0 Å². The minimum Gasteiger partial charge on any atom is -0.476 e. The van der Waals surface area contributed by atoms with E-state index in [-0.39, 0.29) is 11.7 Å². The average molecular weight is 266 g/mol. The fraction of sp³-hybridized carbons (Fsp3) is 0.583. The largest absolute Gasteiger partial charge is 0.476 e. The molecule has 7 nitrogen and oxygen atoms in total. The molecule has 1 saturated carbocycles. The molecular weight excluding hydrogens is 248 g/mol. The number of carbonyl (C=O) groups excluding carboxylic acids is 1. The van der Waals surface area contributed by atoms with Crippen LogP contribution in [0.15, 0.2) is 12.5 Å². The number of hydrogen-bond acceptors (Lipinski definition) is 3. The van der Waals surface area contributed by atoms with Crippen LogP contribution in [0.1, 0.15) is 30.3 Å². The van der Waals surface area contributed by atoms with Crippen LogP contribution >= 0.6 is 0 Å². The van der Waals surface area contributed by atoms with Gasteiger partial charge in [-0.25, -0.2) is 14.6 Å². The van der Waals surface area contributed by atoms with Gasteiger partial charge in [-0.05, 0) is 19.8 Å². The number of nitrogens with zero attached hydrogens (tertiary/aromatic N) is 3. The van der Waals surface area contributed by atoms with E-state index >= 15 is 0 Å². The Bertz CT molecular complexity index is 467. The number of carboxylic acid groups (broad SMARTS) is 1. The maximum absolute atomic E-state index is 11.9. The van der Waals surface area contributed by atoms with E-state index in [9.17, 15) is 9.59 Å². The third-order valence-electron chi connectivity index (χ3n) is 3.09. The van der Waals surface area contributed by atoms with Crippen LogP contribution < -0.4 is 5.32 Å². The molecule has 1 aliphatic carbocycles. The zero-order chi connectivity index (χ0) is 13.8. The standard InChI is InChI=1S/C12H18N4O3/c1-2-16(9-3-4-9)12(19)13-5-6-15-7-10(11(17)18)14-8-15/h7-9H,2-6H2,1H3,(H,13,19)(H,17,18). The zero-order valence-corrected chi connectivity index (χ0v) is 10.9. The summed E-state index contributed by atoms with van der Waals surface area (Å²) in [6, 6.07) is 0.348. The first-order valence-corrected chi connectivity index (χ1v) is 6.41. The summed E-state index contributed by atoms with van der Waals surface area (Å²) >= 11 is 0. The Morgan fingerprint density at radius 2 is 2.32 bits per heavy atom. The smallest absolute Gasteiger partial charge is 0.356 e. The molecule has 0 spiro atoms. The van der Waals surface area contributed by atoms with E-state index in [1.165, 1.54) is 12.5 Å². The molecule has 0 aromatic carbocycles. The predicted molar refractivity (Wildman–Crippen MR) is 68.0 cm³/mol. The van der Waals surface area contributed by atoms with Crippen molar-refractivity contribution >= 4 is 12.0 Å². The lowest BCUT2D eigenvalue weighted by atomic mass is 10.5. The van der Waals surface area contributed by atoms with Gasteiger partial charge in [-0.15, -0.1) is 0 Å². The monoisotopic (exact) mass is 266 g/mol. The summed E-state index contributed by atoms with van der Waals surface area (Å²) in [6.07, 6.45) is 5.08. The van der Waals surface area contributed by atoms with Crippen LogP contribution in [0.5, 0.6) is 0 Å². The van der Waals surface area contributed by atoms with Crippen molar-refractivity contribution in [2.24, 2.45) is 0 Å². The number of urea groups is 1. The van der Waals surface area contributed by atoms with Gasteiger partial charge >= 0.3 is 12.0 Å². The summed E-state index contributed by atoms with van der Waals surface area (Å²) in [5, 5.41) is 11.6. The molecule has 2 N–H and O–H groups in total. The quantitative estimate of drug-likeness (QED) is 0.796. The van der Waals surface area contributed by atoms with E-state index in [0.717, 1.165) is 12.8 Å². The first kappa shape index (κ1) is 13.4. The van der Waals surface area contributed by atoms with E-state index in [0.29, 0.717) is 25.7 Å². The molecule has 2 amide bonds. The van der Waals surface area contributed by atoms with Crippen molar-refractivity contribution in [1.29, 1.82) is 0 Å². The Kier molecular flexibility index (Phi) is 4.03. The molecule has 1 aliphatic rings. The summed E-state index contributed by atoms with van der Waals surface area (Å²) in [4.78, 5) is 28.1. The van der Waals surface area contributed by atoms with E-state index in [4.69, 9.17) is 5.11 Å². The molecular formula is C12H18N4O3. The molecule has 0 radical (unpaired) electrons. The van der Waals surface area contributed by atoms with E-state index in [1.807, 2.05) is 11.8 Å². The third-order valence-corrected chi connectivity index (χ3v) is 3.09. The lowest BCUT2D eigenvalue weighted by molar-refractivity contribution is 0.0691. The molecule has 0 atom stereocenters. The number of hydrogen-bond donors (Lipinski definition) is 2. The van der Waals surface area contributed by atoms with Crippen LogP contribution in [0, 0.1) is 0 Å². The summed E-state index contributed by atoms with van der Waals surface area (Å²) < 4.78 is 1.65. The maximum Gasteiger partial charge on any atom is 0.356 e. The first-order valence-electron chi connectivity index (χ1n) is 6.41. The SMILES string of the molecule is CCN(C(=O)NCCn1cnc(C(=O)O)c1)C1CC1. The Morgan fingerprint density at radius 3 is 2.84 bits per heavy atom. The number of aromatic nitrogens is 2. The molecule has 7 heteroatoms. The number of imidazole rings is 1. The number of amides is 2. The van der Waals surface area contributed by atoms with Gasteiger partial charge in [0.15, 0.2) is 5.69 Å². The van der Waals surface area contributed by atoms with Gasteiger partial charge in [0.05, 0.1) is 6.33 Å². The molecule has 1 heterocycles. The van der Waals surface area contributed by atoms with Crippen LogP contribution in [0.3, 0.4) is 0 Å². The number of nitrogens with one attached hydrogen (secondary N) is 1. The maximum atomic E-state index is 11.9. The molecule has 1 fully saturated rings. The van der Waals surface area contributed by atoms with Crippen molar-refractivity contribution in [3.63, 3.8) is 0 Å². The van der Waals surface area contributed by atoms with Crippen LogP contribution in [-0.4, -0.2) is 50.7 Å². The highest BCUT2D eigenvalue weighted by molar-refractivity contribution is 5.84. The Labute approximate surface area is 111 Å². The second-order valence-corrected chi connectivity index (χ2v) is 4.55. The fourth-order valence-corrected chi connectivity index (χ4v) is 1.94. The Morgan fingerprint density at radius 1 is 1.58 bits per heavy atom. The number of carbonyl (C=O) groups is 2. The van der Waals surface area contributed by atoms with Gasteiger partial charge in [0.2, 0.25) is 0 Å². The molecule has 1 aromatic heterocycles. The number of aromatic carboxylic acids is 1. The van der Waals surface area contributed by atoms with Crippen molar-refractivity contribution in [2.75, 3.05) is 13.1 Å². The first-order chi connectivity index (χ1) is 9.11. The van der Waals surface area contributed by atoms with Crippen LogP contribution in [-0.2, 0) is 6.54 Å². The van der Waals surface area contributed by atoms with Crippen LogP contribution in [0.25, 0.3) is 0 Å².